The zero-order valence-corrected chi connectivity index (χ0v) is 32.3. The molecule has 0 fully saturated rings. The number of alkyl halides is 6. The summed E-state index contributed by atoms with van der Waals surface area (Å²) in [6.07, 6.45) is -9.52. The third kappa shape index (κ3) is 6.22. The molecule has 0 N–H and O–H groups in total. The Balaban J connectivity index is 1.35. The molecule has 8 aromatic carbocycles. The molecule has 0 saturated carbocycles. The van der Waals surface area contributed by atoms with E-state index in [2.05, 4.69) is 12.1 Å². The van der Waals surface area contributed by atoms with E-state index >= 15 is 13.2 Å². The van der Waals surface area contributed by atoms with Gasteiger partial charge in [-0.2, -0.15) is 26.3 Å². The molecule has 10 aromatic rings. The van der Waals surface area contributed by atoms with Gasteiger partial charge in [-0.15, -0.1) is 0 Å². The van der Waals surface area contributed by atoms with Crippen molar-refractivity contribution >= 4 is 43.6 Å². The number of aryl methyl sites for hydroxylation is 2. The summed E-state index contributed by atoms with van der Waals surface area (Å²) in [6, 6.07) is 49.7. The van der Waals surface area contributed by atoms with Gasteiger partial charge >= 0.3 is 12.4 Å². The number of aromatic nitrogens is 2. The normalized spacial score (nSPS) is 12.3. The van der Waals surface area contributed by atoms with E-state index in [1.807, 2.05) is 135 Å². The average molecular weight is 801 g/mol. The zero-order chi connectivity index (χ0) is 41.5. The number of nitrogens with zero attached hydrogens (tertiary/aromatic N) is 2. The van der Waals surface area contributed by atoms with Crippen LogP contribution in [0.25, 0.3) is 88.4 Å². The van der Waals surface area contributed by atoms with Gasteiger partial charge in [0.25, 0.3) is 0 Å². The molecule has 0 aliphatic heterocycles. The molecule has 0 radical (unpaired) electrons. The second kappa shape index (κ2) is 13.8. The first kappa shape index (κ1) is 37.2. The highest BCUT2D eigenvalue weighted by Gasteiger charge is 2.35. The van der Waals surface area contributed by atoms with Gasteiger partial charge in [0.2, 0.25) is 0 Å². The topological polar surface area (TPSA) is 9.86 Å². The number of halogens is 6. The predicted molar refractivity (Wildman–Crippen MR) is 231 cm³/mol. The predicted octanol–water partition coefficient (Wildman–Crippen LogP) is 15.5. The highest BCUT2D eigenvalue weighted by Crippen LogP contribution is 2.47. The molecule has 0 aliphatic rings. The molecule has 0 bridgehead atoms. The maximum atomic E-state index is 15.4. The van der Waals surface area contributed by atoms with Crippen molar-refractivity contribution in [3.63, 3.8) is 0 Å². The Labute approximate surface area is 341 Å². The molecule has 2 nitrogen and oxygen atoms in total. The maximum Gasteiger partial charge on any atom is 0.416 e. The Kier molecular flexibility index (Phi) is 8.54. The number of hydrogen-bond acceptors (Lipinski definition) is 0. The van der Waals surface area contributed by atoms with Gasteiger partial charge in [0.05, 0.1) is 44.6 Å². The monoisotopic (exact) mass is 800 g/mol. The van der Waals surface area contributed by atoms with Crippen molar-refractivity contribution in [1.82, 2.24) is 9.13 Å². The van der Waals surface area contributed by atoms with Crippen molar-refractivity contribution in [3.8, 4) is 44.8 Å². The van der Waals surface area contributed by atoms with Gasteiger partial charge < -0.3 is 9.13 Å². The molecule has 10 rings (SSSR count). The lowest BCUT2D eigenvalue weighted by molar-refractivity contribution is -0.138. The number of rotatable bonds is 5. The molecule has 2 heterocycles. The number of fused-ring (bicyclic) bond motifs is 6. The lowest BCUT2D eigenvalue weighted by Gasteiger charge is -2.23. The Bertz CT molecular complexity index is 3140. The molecule has 2 aromatic heterocycles. The van der Waals surface area contributed by atoms with Crippen LogP contribution in [0.2, 0.25) is 0 Å². The number of benzene rings is 8. The minimum Gasteiger partial charge on any atom is -0.309 e. The first-order valence-electron chi connectivity index (χ1n) is 19.5. The van der Waals surface area contributed by atoms with Crippen molar-refractivity contribution in [1.29, 1.82) is 0 Å². The maximum absolute atomic E-state index is 15.4. The summed E-state index contributed by atoms with van der Waals surface area (Å²) >= 11 is 0. The van der Waals surface area contributed by atoms with Crippen molar-refractivity contribution < 1.29 is 26.3 Å². The molecule has 0 amide bonds. The van der Waals surface area contributed by atoms with Crippen molar-refractivity contribution in [2.24, 2.45) is 0 Å². The van der Waals surface area contributed by atoms with Gasteiger partial charge in [-0.05, 0) is 102 Å². The Morgan fingerprint density at radius 2 is 0.750 bits per heavy atom. The summed E-state index contributed by atoms with van der Waals surface area (Å²) < 4.78 is 93.4. The molecule has 0 saturated heterocycles. The highest BCUT2D eigenvalue weighted by molar-refractivity contribution is 6.13. The molecule has 0 aliphatic carbocycles. The average Bonchev–Trinajstić information content (AvgIpc) is 3.75. The zero-order valence-electron chi connectivity index (χ0n) is 32.3. The quantitative estimate of drug-likeness (QED) is 0.153. The van der Waals surface area contributed by atoms with Crippen LogP contribution in [0.3, 0.4) is 0 Å². The fraction of sp³-hybridized carbons (Fsp3) is 0.0769. The molecule has 0 atom stereocenters. The van der Waals surface area contributed by atoms with Crippen molar-refractivity contribution in [2.45, 2.75) is 26.2 Å². The molecule has 294 valence electrons. The second-order valence-corrected chi connectivity index (χ2v) is 15.4. The molecule has 60 heavy (non-hydrogen) atoms. The van der Waals surface area contributed by atoms with E-state index in [-0.39, 0.29) is 22.5 Å². The van der Waals surface area contributed by atoms with E-state index in [1.54, 1.807) is 9.13 Å². The standard InChI is InChI=1S/C52H34F6N2/c1-31-10-7-12-33(24-31)35-20-22-46-42(27-35)40-16-3-5-18-44(40)59(46)48-29-39(52(56,57)58)30-49(50(48)37-14-9-15-38(26-37)51(53,54)55)60-45-19-6-4-17-41(45)43-28-36(21-23-47(43)60)34-13-8-11-32(2)25-34/h3-30H,1-2H3. The highest BCUT2D eigenvalue weighted by atomic mass is 19.4. The fourth-order valence-corrected chi connectivity index (χ4v) is 8.75. The molecule has 0 spiro atoms. The van der Waals surface area contributed by atoms with E-state index in [0.717, 1.165) is 79.2 Å². The van der Waals surface area contributed by atoms with Gasteiger partial charge in [-0.3, -0.25) is 0 Å². The molecule has 8 heteroatoms. The first-order chi connectivity index (χ1) is 28.8. The van der Waals surface area contributed by atoms with Gasteiger partial charge in [-0.1, -0.05) is 120 Å². The summed E-state index contributed by atoms with van der Waals surface area (Å²) in [5, 5.41) is 3.16. The summed E-state index contributed by atoms with van der Waals surface area (Å²) in [4.78, 5) is 0. The smallest absolute Gasteiger partial charge is 0.309 e. The van der Waals surface area contributed by atoms with E-state index in [4.69, 9.17) is 0 Å². The van der Waals surface area contributed by atoms with Crippen LogP contribution >= 0.6 is 0 Å². The van der Waals surface area contributed by atoms with Crippen molar-refractivity contribution in [3.05, 3.63) is 192 Å². The van der Waals surface area contributed by atoms with Gasteiger partial charge in [-0.25, -0.2) is 0 Å². The lowest BCUT2D eigenvalue weighted by Crippen LogP contribution is -2.11. The fourth-order valence-electron chi connectivity index (χ4n) is 8.75. The summed E-state index contributed by atoms with van der Waals surface area (Å²) in [5.41, 5.74) is 7.07. The van der Waals surface area contributed by atoms with Gasteiger partial charge in [0.1, 0.15) is 0 Å². The van der Waals surface area contributed by atoms with E-state index < -0.39 is 23.5 Å². The van der Waals surface area contributed by atoms with Crippen LogP contribution in [-0.4, -0.2) is 9.13 Å². The van der Waals surface area contributed by atoms with Crippen LogP contribution in [0.15, 0.2) is 170 Å². The number of para-hydroxylation sites is 2. The minimum atomic E-state index is -4.82. The van der Waals surface area contributed by atoms with Gasteiger partial charge in [0.15, 0.2) is 0 Å². The summed E-state index contributed by atoms with van der Waals surface area (Å²) in [5.74, 6) is 0. The second-order valence-electron chi connectivity index (χ2n) is 15.4. The minimum absolute atomic E-state index is 0.0935. The van der Waals surface area contributed by atoms with Crippen LogP contribution in [0.1, 0.15) is 22.3 Å². The molecular weight excluding hydrogens is 767 g/mol. The van der Waals surface area contributed by atoms with Gasteiger partial charge in [0, 0.05) is 27.1 Å². The Morgan fingerprint density at radius 3 is 1.22 bits per heavy atom. The molecule has 0 unspecified atom stereocenters. The van der Waals surface area contributed by atoms with Crippen LogP contribution in [0.4, 0.5) is 26.3 Å². The largest absolute Gasteiger partial charge is 0.416 e. The van der Waals surface area contributed by atoms with Crippen LogP contribution in [0.5, 0.6) is 0 Å². The van der Waals surface area contributed by atoms with Crippen LogP contribution < -0.4 is 0 Å². The summed E-state index contributed by atoms with van der Waals surface area (Å²) in [7, 11) is 0. The van der Waals surface area contributed by atoms with E-state index in [9.17, 15) is 13.2 Å². The third-order valence-electron chi connectivity index (χ3n) is 11.4. The molecular formula is C52H34F6N2. The van der Waals surface area contributed by atoms with Crippen LogP contribution in [-0.2, 0) is 12.4 Å². The lowest BCUT2D eigenvalue weighted by atomic mass is 9.96. The Hall–Kier alpha value is -7.06. The van der Waals surface area contributed by atoms with E-state index in [1.165, 1.54) is 12.1 Å². The van der Waals surface area contributed by atoms with Crippen LogP contribution in [0, 0.1) is 13.8 Å². The van der Waals surface area contributed by atoms with Crippen molar-refractivity contribution in [2.75, 3.05) is 0 Å². The first-order valence-corrected chi connectivity index (χ1v) is 19.5. The number of hydrogen-bond donors (Lipinski definition) is 0. The third-order valence-corrected chi connectivity index (χ3v) is 11.4. The SMILES string of the molecule is Cc1cccc(-c2ccc3c(c2)c2ccccc2n3-c2cc(C(F)(F)F)cc(-n3c4ccccc4c4cc(-c5cccc(C)c5)ccc43)c2-c2cccc(C(F)(F)F)c2)c1. The van der Waals surface area contributed by atoms with E-state index in [0.29, 0.717) is 22.1 Å². The Morgan fingerprint density at radius 1 is 0.333 bits per heavy atom. The summed E-state index contributed by atoms with van der Waals surface area (Å²) in [6.45, 7) is 4.02.